The Morgan fingerprint density at radius 1 is 1.47 bits per heavy atom. The summed E-state index contributed by atoms with van der Waals surface area (Å²) in [4.78, 5) is 12.1. The molecule has 19 heavy (non-hydrogen) atoms. The molecule has 2 saturated heterocycles. The van der Waals surface area contributed by atoms with Gasteiger partial charge >= 0.3 is 0 Å². The molecule has 0 aromatic heterocycles. The molecule has 0 saturated carbocycles. The topological polar surface area (TPSA) is 50.4 Å². The van der Waals surface area contributed by atoms with Crippen molar-refractivity contribution in [3.63, 3.8) is 0 Å². The summed E-state index contributed by atoms with van der Waals surface area (Å²) >= 11 is 1.79. The number of thioether (sulfide) groups is 1. The molecule has 0 aliphatic carbocycles. The molecule has 110 valence electrons. The second-order valence-electron chi connectivity index (χ2n) is 5.61. The van der Waals surface area contributed by atoms with Crippen LogP contribution in [0.2, 0.25) is 0 Å². The maximum absolute atomic E-state index is 12.1. The van der Waals surface area contributed by atoms with Gasteiger partial charge in [0.25, 0.3) is 0 Å². The van der Waals surface area contributed by atoms with Gasteiger partial charge in [-0.1, -0.05) is 0 Å². The molecule has 4 nitrogen and oxygen atoms in total. The van der Waals surface area contributed by atoms with E-state index in [9.17, 15) is 4.79 Å². The number of ether oxygens (including phenoxy) is 1. The molecular formula is C14H26N2O2S. The third-order valence-electron chi connectivity index (χ3n) is 3.95. The van der Waals surface area contributed by atoms with Crippen LogP contribution in [0.3, 0.4) is 0 Å². The lowest BCUT2D eigenvalue weighted by atomic mass is 10.1. The van der Waals surface area contributed by atoms with Gasteiger partial charge in [0.1, 0.15) is 0 Å². The van der Waals surface area contributed by atoms with E-state index in [0.717, 1.165) is 64.1 Å². The molecule has 2 fully saturated rings. The van der Waals surface area contributed by atoms with Crippen molar-refractivity contribution in [2.24, 2.45) is 0 Å². The summed E-state index contributed by atoms with van der Waals surface area (Å²) in [6.45, 7) is 5.69. The number of rotatable bonds is 6. The molecule has 0 radical (unpaired) electrons. The number of carbonyl (C=O) groups excluding carboxylic acids is 1. The first-order chi connectivity index (χ1) is 9.21. The molecule has 0 spiro atoms. The van der Waals surface area contributed by atoms with Crippen molar-refractivity contribution >= 4 is 17.7 Å². The first-order valence-corrected chi connectivity index (χ1v) is 8.44. The van der Waals surface area contributed by atoms with Crippen molar-refractivity contribution < 1.29 is 9.53 Å². The van der Waals surface area contributed by atoms with Gasteiger partial charge in [0.15, 0.2) is 0 Å². The van der Waals surface area contributed by atoms with Crippen LogP contribution >= 0.6 is 11.8 Å². The van der Waals surface area contributed by atoms with Crippen LogP contribution in [-0.2, 0) is 9.53 Å². The summed E-state index contributed by atoms with van der Waals surface area (Å²) in [5, 5.41) is 6.38. The van der Waals surface area contributed by atoms with Gasteiger partial charge in [-0.2, -0.15) is 0 Å². The highest BCUT2D eigenvalue weighted by Gasteiger charge is 2.36. The molecule has 5 heteroatoms. The van der Waals surface area contributed by atoms with Crippen LogP contribution in [0.4, 0.5) is 0 Å². The van der Waals surface area contributed by atoms with Crippen LogP contribution in [0.1, 0.15) is 39.0 Å². The van der Waals surface area contributed by atoms with E-state index in [1.54, 1.807) is 11.8 Å². The maximum Gasteiger partial charge on any atom is 0.235 e. The highest BCUT2D eigenvalue weighted by Crippen LogP contribution is 2.37. The molecular weight excluding hydrogens is 260 g/mol. The predicted octanol–water partition coefficient (Wildman–Crippen LogP) is 1.55. The summed E-state index contributed by atoms with van der Waals surface area (Å²) in [7, 11) is 0. The molecule has 0 bridgehead atoms. The number of nitrogens with one attached hydrogen (secondary N) is 2. The largest absolute Gasteiger partial charge is 0.378 e. The van der Waals surface area contributed by atoms with Gasteiger partial charge < -0.3 is 15.4 Å². The smallest absolute Gasteiger partial charge is 0.235 e. The summed E-state index contributed by atoms with van der Waals surface area (Å²) in [5.41, 5.74) is 0. The Hall–Kier alpha value is -0.260. The fourth-order valence-corrected chi connectivity index (χ4v) is 3.86. The Balaban J connectivity index is 1.52. The number of piperidine rings is 1. The van der Waals surface area contributed by atoms with E-state index in [-0.39, 0.29) is 10.7 Å². The lowest BCUT2D eigenvalue weighted by Crippen LogP contribution is -2.41. The van der Waals surface area contributed by atoms with Crippen LogP contribution in [0.5, 0.6) is 0 Å². The molecule has 2 aliphatic heterocycles. The van der Waals surface area contributed by atoms with Gasteiger partial charge in [0, 0.05) is 13.2 Å². The van der Waals surface area contributed by atoms with Crippen molar-refractivity contribution in [1.29, 1.82) is 0 Å². The standard InChI is InChI=1S/C14H26N2O2S/c1-14(6-2-11-19-14)13(17)16-7-3-10-18-12-4-8-15-9-5-12/h12,15H,2-11H2,1H3,(H,16,17). The Morgan fingerprint density at radius 3 is 2.95 bits per heavy atom. The minimum atomic E-state index is -0.185. The van der Waals surface area contributed by atoms with Crippen LogP contribution in [0.25, 0.3) is 0 Å². The van der Waals surface area contributed by atoms with Gasteiger partial charge in [0.2, 0.25) is 5.91 Å². The van der Waals surface area contributed by atoms with Crippen molar-refractivity contribution in [3.05, 3.63) is 0 Å². The van der Waals surface area contributed by atoms with E-state index in [0.29, 0.717) is 6.10 Å². The van der Waals surface area contributed by atoms with Crippen molar-refractivity contribution in [2.45, 2.75) is 49.9 Å². The normalized spacial score (nSPS) is 28.5. The molecule has 1 amide bonds. The third kappa shape index (κ3) is 4.65. The molecule has 2 N–H and O–H groups in total. The van der Waals surface area contributed by atoms with Crippen LogP contribution in [-0.4, -0.2) is 48.8 Å². The lowest BCUT2D eigenvalue weighted by Gasteiger charge is -2.23. The van der Waals surface area contributed by atoms with Crippen molar-refractivity contribution in [3.8, 4) is 0 Å². The van der Waals surface area contributed by atoms with Crippen molar-refractivity contribution in [1.82, 2.24) is 10.6 Å². The summed E-state index contributed by atoms with van der Waals surface area (Å²) in [5.74, 6) is 1.32. The van der Waals surface area contributed by atoms with Gasteiger partial charge in [-0.25, -0.2) is 0 Å². The minimum absolute atomic E-state index is 0.185. The Bertz CT molecular complexity index is 287. The Kier molecular flexibility index (Phi) is 5.98. The monoisotopic (exact) mass is 286 g/mol. The molecule has 0 aromatic carbocycles. The Morgan fingerprint density at radius 2 is 2.26 bits per heavy atom. The van der Waals surface area contributed by atoms with E-state index in [4.69, 9.17) is 4.74 Å². The highest BCUT2D eigenvalue weighted by atomic mass is 32.2. The van der Waals surface area contributed by atoms with Gasteiger partial charge in [0.05, 0.1) is 10.9 Å². The van der Waals surface area contributed by atoms with Crippen LogP contribution in [0.15, 0.2) is 0 Å². The molecule has 2 heterocycles. The second-order valence-corrected chi connectivity index (χ2v) is 7.21. The van der Waals surface area contributed by atoms with Crippen molar-refractivity contribution in [2.75, 3.05) is 32.0 Å². The van der Waals surface area contributed by atoms with Crippen LogP contribution < -0.4 is 10.6 Å². The average molecular weight is 286 g/mol. The highest BCUT2D eigenvalue weighted by molar-refractivity contribution is 8.01. The number of carbonyl (C=O) groups is 1. The molecule has 2 rings (SSSR count). The second kappa shape index (κ2) is 7.50. The summed E-state index contributed by atoms with van der Waals surface area (Å²) in [6.07, 6.45) is 5.72. The predicted molar refractivity (Wildman–Crippen MR) is 79.6 cm³/mol. The molecule has 0 aromatic rings. The van der Waals surface area contributed by atoms with Gasteiger partial charge in [-0.3, -0.25) is 4.79 Å². The summed E-state index contributed by atoms with van der Waals surface area (Å²) in [6, 6.07) is 0. The Labute approximate surface area is 120 Å². The molecule has 1 atom stereocenters. The number of hydrogen-bond acceptors (Lipinski definition) is 4. The zero-order valence-electron chi connectivity index (χ0n) is 11.9. The zero-order chi connectivity index (χ0) is 13.6. The van der Waals surface area contributed by atoms with Crippen LogP contribution in [0, 0.1) is 0 Å². The molecule has 2 aliphatic rings. The van der Waals surface area contributed by atoms with E-state index in [1.165, 1.54) is 0 Å². The lowest BCUT2D eigenvalue weighted by molar-refractivity contribution is -0.123. The van der Waals surface area contributed by atoms with E-state index >= 15 is 0 Å². The van der Waals surface area contributed by atoms with E-state index < -0.39 is 0 Å². The van der Waals surface area contributed by atoms with E-state index in [2.05, 4.69) is 17.6 Å². The number of amides is 1. The number of hydrogen-bond donors (Lipinski definition) is 2. The summed E-state index contributed by atoms with van der Waals surface area (Å²) < 4.78 is 5.63. The van der Waals surface area contributed by atoms with Gasteiger partial charge in [-0.05, 0) is 57.9 Å². The first kappa shape index (κ1) is 15.1. The van der Waals surface area contributed by atoms with E-state index in [1.807, 2.05) is 0 Å². The fourth-order valence-electron chi connectivity index (χ4n) is 2.63. The quantitative estimate of drug-likeness (QED) is 0.727. The molecule has 1 unspecified atom stereocenters. The maximum atomic E-state index is 12.1. The fraction of sp³-hybridized carbons (Fsp3) is 0.929. The van der Waals surface area contributed by atoms with Gasteiger partial charge in [-0.15, -0.1) is 11.8 Å². The SMILES string of the molecule is CC1(C(=O)NCCCOC2CCNCC2)CCCS1. The minimum Gasteiger partial charge on any atom is -0.378 e. The zero-order valence-corrected chi connectivity index (χ0v) is 12.7. The third-order valence-corrected chi connectivity index (χ3v) is 5.46. The average Bonchev–Trinajstić information content (AvgIpc) is 2.88. The first-order valence-electron chi connectivity index (χ1n) is 7.45.